The van der Waals surface area contributed by atoms with Crippen LogP contribution in [0.2, 0.25) is 0 Å². The van der Waals surface area contributed by atoms with E-state index in [2.05, 4.69) is 5.32 Å². The number of ether oxygens (including phenoxy) is 1. The molecule has 2 aromatic rings. The van der Waals surface area contributed by atoms with Crippen molar-refractivity contribution < 1.29 is 24.2 Å². The van der Waals surface area contributed by atoms with Gasteiger partial charge in [-0.05, 0) is 48.6 Å². The zero-order valence-corrected chi connectivity index (χ0v) is 15.6. The van der Waals surface area contributed by atoms with Crippen LogP contribution in [0.3, 0.4) is 0 Å². The van der Waals surface area contributed by atoms with Crippen molar-refractivity contribution in [2.45, 2.75) is 12.8 Å². The summed E-state index contributed by atoms with van der Waals surface area (Å²) in [6, 6.07) is 8.40. The molecule has 2 amide bonds. The van der Waals surface area contributed by atoms with Gasteiger partial charge < -0.3 is 20.1 Å². The number of carbonyl (C=O) groups is 3. The SMILES string of the molecule is COc1ccsc1C(=O)Nc1ccc(C(=O)N2CCC(C(=O)O)CC2)cc1. The summed E-state index contributed by atoms with van der Waals surface area (Å²) in [5.41, 5.74) is 1.09. The van der Waals surface area contributed by atoms with Gasteiger partial charge in [0, 0.05) is 24.3 Å². The number of nitrogens with one attached hydrogen (secondary N) is 1. The van der Waals surface area contributed by atoms with E-state index in [0.717, 1.165) is 0 Å². The van der Waals surface area contributed by atoms with Gasteiger partial charge in [-0.1, -0.05) is 0 Å². The lowest BCUT2D eigenvalue weighted by atomic mass is 9.96. The number of likely N-dealkylation sites (tertiary alicyclic amines) is 1. The molecule has 2 heterocycles. The Hall–Kier alpha value is -2.87. The molecule has 1 aromatic heterocycles. The summed E-state index contributed by atoms with van der Waals surface area (Å²) in [6.07, 6.45) is 0.940. The zero-order valence-electron chi connectivity index (χ0n) is 14.8. The molecule has 0 saturated carbocycles. The molecule has 7 nitrogen and oxygen atoms in total. The fraction of sp³-hybridized carbons (Fsp3) is 0.316. The Morgan fingerprint density at radius 1 is 1.15 bits per heavy atom. The molecule has 1 saturated heterocycles. The van der Waals surface area contributed by atoms with Gasteiger partial charge >= 0.3 is 5.97 Å². The molecule has 1 fully saturated rings. The summed E-state index contributed by atoms with van der Waals surface area (Å²) in [6.45, 7) is 0.874. The maximum absolute atomic E-state index is 12.6. The van der Waals surface area contributed by atoms with Crippen molar-refractivity contribution in [3.63, 3.8) is 0 Å². The minimum absolute atomic E-state index is 0.128. The molecule has 0 aliphatic carbocycles. The van der Waals surface area contributed by atoms with Crippen LogP contribution in [0.4, 0.5) is 5.69 Å². The maximum atomic E-state index is 12.6. The molecule has 8 heteroatoms. The number of methoxy groups -OCH3 is 1. The highest BCUT2D eigenvalue weighted by Crippen LogP contribution is 2.26. The van der Waals surface area contributed by atoms with Crippen LogP contribution in [0.5, 0.6) is 5.75 Å². The molecule has 1 aromatic carbocycles. The highest BCUT2D eigenvalue weighted by atomic mass is 32.1. The first-order valence-electron chi connectivity index (χ1n) is 8.54. The Morgan fingerprint density at radius 3 is 2.41 bits per heavy atom. The Bertz CT molecular complexity index is 838. The molecule has 2 N–H and O–H groups in total. The van der Waals surface area contributed by atoms with E-state index >= 15 is 0 Å². The zero-order chi connectivity index (χ0) is 19.4. The van der Waals surface area contributed by atoms with Crippen LogP contribution in [0.15, 0.2) is 35.7 Å². The smallest absolute Gasteiger partial charge is 0.306 e. The third kappa shape index (κ3) is 4.28. The van der Waals surface area contributed by atoms with E-state index in [1.165, 1.54) is 18.4 Å². The molecule has 0 radical (unpaired) electrons. The van der Waals surface area contributed by atoms with Crippen LogP contribution in [0.25, 0.3) is 0 Å². The number of rotatable bonds is 5. The number of amides is 2. The number of anilines is 1. The van der Waals surface area contributed by atoms with E-state index in [1.54, 1.807) is 40.6 Å². The Kier molecular flexibility index (Phi) is 5.75. The third-order valence-electron chi connectivity index (χ3n) is 4.58. The van der Waals surface area contributed by atoms with Crippen molar-refractivity contribution in [3.05, 3.63) is 46.2 Å². The number of piperidine rings is 1. The Balaban J connectivity index is 1.61. The van der Waals surface area contributed by atoms with E-state index in [1.807, 2.05) is 0 Å². The number of hydrogen-bond donors (Lipinski definition) is 2. The summed E-state index contributed by atoms with van der Waals surface area (Å²) in [7, 11) is 1.51. The Morgan fingerprint density at radius 2 is 1.81 bits per heavy atom. The largest absolute Gasteiger partial charge is 0.495 e. The number of carbonyl (C=O) groups excluding carboxylic acids is 2. The van der Waals surface area contributed by atoms with Crippen LogP contribution in [-0.4, -0.2) is 48.0 Å². The standard InChI is InChI=1S/C19H20N2O5S/c1-26-15-8-11-27-16(15)17(22)20-14-4-2-12(3-5-14)18(23)21-9-6-13(7-10-21)19(24)25/h2-5,8,11,13H,6-7,9-10H2,1H3,(H,20,22)(H,24,25). The quantitative estimate of drug-likeness (QED) is 0.821. The van der Waals surface area contributed by atoms with Gasteiger partial charge in [-0.2, -0.15) is 0 Å². The first-order chi connectivity index (χ1) is 13.0. The van der Waals surface area contributed by atoms with Gasteiger partial charge in [0.1, 0.15) is 10.6 Å². The Labute approximate surface area is 160 Å². The third-order valence-corrected chi connectivity index (χ3v) is 5.47. The minimum atomic E-state index is -0.801. The van der Waals surface area contributed by atoms with Gasteiger partial charge in [-0.15, -0.1) is 11.3 Å². The summed E-state index contributed by atoms with van der Waals surface area (Å²) in [5.74, 6) is -1.05. The normalized spacial score (nSPS) is 14.6. The van der Waals surface area contributed by atoms with Crippen molar-refractivity contribution in [1.82, 2.24) is 4.90 Å². The number of carboxylic acids is 1. The number of hydrogen-bond acceptors (Lipinski definition) is 5. The number of aliphatic carboxylic acids is 1. The minimum Gasteiger partial charge on any atom is -0.495 e. The number of nitrogens with zero attached hydrogens (tertiary/aromatic N) is 1. The number of carboxylic acid groups (broad SMARTS) is 1. The van der Waals surface area contributed by atoms with E-state index in [0.29, 0.717) is 47.8 Å². The summed E-state index contributed by atoms with van der Waals surface area (Å²) >= 11 is 1.29. The predicted molar refractivity (Wildman–Crippen MR) is 102 cm³/mol. The first kappa shape index (κ1) is 18.9. The predicted octanol–water partition coefficient (Wildman–Crippen LogP) is 2.95. The van der Waals surface area contributed by atoms with Gasteiger partial charge in [0.15, 0.2) is 0 Å². The average molecular weight is 388 g/mol. The van der Waals surface area contributed by atoms with E-state index in [9.17, 15) is 14.4 Å². The van der Waals surface area contributed by atoms with Crippen LogP contribution >= 0.6 is 11.3 Å². The average Bonchev–Trinajstić information content (AvgIpc) is 3.17. The summed E-state index contributed by atoms with van der Waals surface area (Å²) in [4.78, 5) is 38.0. The molecule has 27 heavy (non-hydrogen) atoms. The molecule has 0 atom stereocenters. The van der Waals surface area contributed by atoms with E-state index in [-0.39, 0.29) is 17.7 Å². The van der Waals surface area contributed by atoms with Crippen LogP contribution in [0.1, 0.15) is 32.9 Å². The van der Waals surface area contributed by atoms with Crippen LogP contribution in [-0.2, 0) is 4.79 Å². The van der Waals surface area contributed by atoms with Gasteiger partial charge in [-0.3, -0.25) is 14.4 Å². The fourth-order valence-electron chi connectivity index (χ4n) is 3.02. The molecule has 0 unspecified atom stereocenters. The maximum Gasteiger partial charge on any atom is 0.306 e. The molecular weight excluding hydrogens is 368 g/mol. The van der Waals surface area contributed by atoms with Crippen molar-refractivity contribution >= 4 is 34.8 Å². The molecule has 1 aliphatic heterocycles. The van der Waals surface area contributed by atoms with Gasteiger partial charge in [-0.25, -0.2) is 0 Å². The second-order valence-electron chi connectivity index (χ2n) is 6.25. The first-order valence-corrected chi connectivity index (χ1v) is 9.42. The number of benzene rings is 1. The molecule has 142 valence electrons. The number of thiophene rings is 1. The van der Waals surface area contributed by atoms with Crippen molar-refractivity contribution in [2.24, 2.45) is 5.92 Å². The van der Waals surface area contributed by atoms with E-state index in [4.69, 9.17) is 9.84 Å². The topological polar surface area (TPSA) is 95.9 Å². The van der Waals surface area contributed by atoms with Crippen molar-refractivity contribution in [1.29, 1.82) is 0 Å². The summed E-state index contributed by atoms with van der Waals surface area (Å²) < 4.78 is 5.15. The monoisotopic (exact) mass is 388 g/mol. The highest BCUT2D eigenvalue weighted by molar-refractivity contribution is 7.12. The highest BCUT2D eigenvalue weighted by Gasteiger charge is 2.27. The molecule has 3 rings (SSSR count). The van der Waals surface area contributed by atoms with Crippen molar-refractivity contribution in [3.8, 4) is 5.75 Å². The van der Waals surface area contributed by atoms with Gasteiger partial charge in [0.2, 0.25) is 0 Å². The molecular formula is C19H20N2O5S. The van der Waals surface area contributed by atoms with Crippen molar-refractivity contribution in [2.75, 3.05) is 25.5 Å². The van der Waals surface area contributed by atoms with Gasteiger partial charge in [0.25, 0.3) is 11.8 Å². The van der Waals surface area contributed by atoms with E-state index < -0.39 is 5.97 Å². The molecule has 0 bridgehead atoms. The lowest BCUT2D eigenvalue weighted by Crippen LogP contribution is -2.40. The summed E-state index contributed by atoms with van der Waals surface area (Å²) in [5, 5.41) is 13.6. The van der Waals surface area contributed by atoms with Gasteiger partial charge in [0.05, 0.1) is 13.0 Å². The van der Waals surface area contributed by atoms with Crippen LogP contribution in [0, 0.1) is 5.92 Å². The second kappa shape index (κ2) is 8.22. The second-order valence-corrected chi connectivity index (χ2v) is 7.17. The lowest BCUT2D eigenvalue weighted by Gasteiger charge is -2.30. The molecule has 1 aliphatic rings. The fourth-order valence-corrected chi connectivity index (χ4v) is 3.77. The van der Waals surface area contributed by atoms with Crippen LogP contribution < -0.4 is 10.1 Å². The molecule has 0 spiro atoms. The lowest BCUT2D eigenvalue weighted by molar-refractivity contribution is -0.143.